The molecule has 2 aliphatic rings. The van der Waals surface area contributed by atoms with Gasteiger partial charge in [-0.05, 0) is 44.6 Å². The van der Waals surface area contributed by atoms with Gasteiger partial charge in [0.2, 0.25) is 0 Å². The van der Waals surface area contributed by atoms with Crippen LogP contribution in [-0.4, -0.2) is 23.7 Å². The molecule has 0 heterocycles. The summed E-state index contributed by atoms with van der Waals surface area (Å²) in [6.07, 6.45) is 9.43. The molecule has 2 unspecified atom stereocenters. The second kappa shape index (κ2) is 5.67. The van der Waals surface area contributed by atoms with Crippen molar-refractivity contribution in [2.45, 2.75) is 57.4 Å². The smallest absolute Gasteiger partial charge is 0.306 e. The van der Waals surface area contributed by atoms with Gasteiger partial charge in [-0.15, -0.1) is 0 Å². The number of hydrogen-bond acceptors (Lipinski definition) is 2. The van der Waals surface area contributed by atoms with Crippen LogP contribution in [0.25, 0.3) is 0 Å². The van der Waals surface area contributed by atoms with E-state index in [4.69, 9.17) is 5.11 Å². The summed E-state index contributed by atoms with van der Waals surface area (Å²) in [6, 6.07) is 0.453. The van der Waals surface area contributed by atoms with Crippen molar-refractivity contribution >= 4 is 5.97 Å². The van der Waals surface area contributed by atoms with Crippen molar-refractivity contribution in [2.24, 2.45) is 11.8 Å². The van der Waals surface area contributed by atoms with Gasteiger partial charge in [0.1, 0.15) is 0 Å². The largest absolute Gasteiger partial charge is 0.481 e. The van der Waals surface area contributed by atoms with E-state index in [0.29, 0.717) is 6.04 Å². The molecule has 0 spiro atoms. The quantitative estimate of drug-likeness (QED) is 0.682. The summed E-state index contributed by atoms with van der Waals surface area (Å²) >= 11 is 0. The fourth-order valence-corrected chi connectivity index (χ4v) is 2.70. The number of rotatable bonds is 6. The Morgan fingerprint density at radius 2 is 2.06 bits per heavy atom. The van der Waals surface area contributed by atoms with E-state index in [-0.39, 0.29) is 5.92 Å². The van der Waals surface area contributed by atoms with Gasteiger partial charge >= 0.3 is 5.97 Å². The molecule has 2 fully saturated rings. The molecule has 16 heavy (non-hydrogen) atoms. The molecule has 0 aliphatic heterocycles. The molecular formula is C13H23NO2. The van der Waals surface area contributed by atoms with Gasteiger partial charge in [-0.25, -0.2) is 0 Å². The second-order valence-corrected chi connectivity index (χ2v) is 5.44. The predicted octanol–water partition coefficient (Wildman–Crippen LogP) is 2.41. The van der Waals surface area contributed by atoms with E-state index in [0.717, 1.165) is 38.1 Å². The van der Waals surface area contributed by atoms with Gasteiger partial charge in [0, 0.05) is 6.04 Å². The highest BCUT2D eigenvalue weighted by atomic mass is 16.4. The van der Waals surface area contributed by atoms with Crippen LogP contribution in [-0.2, 0) is 4.79 Å². The topological polar surface area (TPSA) is 49.3 Å². The summed E-state index contributed by atoms with van der Waals surface area (Å²) in [5, 5.41) is 12.5. The van der Waals surface area contributed by atoms with Gasteiger partial charge in [-0.1, -0.05) is 19.3 Å². The highest BCUT2D eigenvalue weighted by molar-refractivity contribution is 5.70. The zero-order valence-corrected chi connectivity index (χ0v) is 9.95. The first-order chi connectivity index (χ1) is 7.75. The predicted molar refractivity (Wildman–Crippen MR) is 63.3 cm³/mol. The highest BCUT2D eigenvalue weighted by Crippen LogP contribution is 2.33. The molecule has 0 amide bonds. The fraction of sp³-hybridized carbons (Fsp3) is 0.923. The maximum atomic E-state index is 10.9. The Morgan fingerprint density at radius 1 is 1.25 bits per heavy atom. The van der Waals surface area contributed by atoms with E-state index < -0.39 is 5.97 Å². The fourth-order valence-electron chi connectivity index (χ4n) is 2.70. The maximum Gasteiger partial charge on any atom is 0.306 e. The number of carbonyl (C=O) groups is 1. The minimum Gasteiger partial charge on any atom is -0.481 e. The third kappa shape index (κ3) is 3.78. The molecule has 0 bridgehead atoms. The van der Waals surface area contributed by atoms with Crippen LogP contribution in [0.2, 0.25) is 0 Å². The van der Waals surface area contributed by atoms with Crippen molar-refractivity contribution < 1.29 is 9.90 Å². The summed E-state index contributed by atoms with van der Waals surface area (Å²) in [6.45, 7) is 1.08. The first-order valence-corrected chi connectivity index (χ1v) is 6.72. The molecule has 2 saturated carbocycles. The van der Waals surface area contributed by atoms with Crippen LogP contribution in [0.15, 0.2) is 0 Å². The van der Waals surface area contributed by atoms with E-state index in [1.807, 2.05) is 0 Å². The molecule has 2 N–H and O–H groups in total. The minimum atomic E-state index is -0.607. The zero-order chi connectivity index (χ0) is 11.4. The molecule has 0 aromatic rings. The Balaban J connectivity index is 1.58. The van der Waals surface area contributed by atoms with Crippen molar-refractivity contribution in [3.05, 3.63) is 0 Å². The van der Waals surface area contributed by atoms with Crippen LogP contribution in [0.3, 0.4) is 0 Å². The normalized spacial score (nSPS) is 30.2. The lowest BCUT2D eigenvalue weighted by Crippen LogP contribution is -2.36. The molecule has 3 nitrogen and oxygen atoms in total. The van der Waals surface area contributed by atoms with Gasteiger partial charge in [-0.2, -0.15) is 0 Å². The van der Waals surface area contributed by atoms with Crippen LogP contribution in [0, 0.1) is 11.8 Å². The Hall–Kier alpha value is -0.570. The van der Waals surface area contributed by atoms with Crippen LogP contribution in [0.4, 0.5) is 0 Å². The van der Waals surface area contributed by atoms with E-state index in [1.165, 1.54) is 25.7 Å². The van der Waals surface area contributed by atoms with Crippen molar-refractivity contribution in [2.75, 3.05) is 6.54 Å². The molecule has 92 valence electrons. The van der Waals surface area contributed by atoms with Crippen LogP contribution in [0.5, 0.6) is 0 Å². The van der Waals surface area contributed by atoms with Gasteiger partial charge < -0.3 is 10.4 Å². The summed E-state index contributed by atoms with van der Waals surface area (Å²) in [5.74, 6) is 0.305. The maximum absolute atomic E-state index is 10.9. The first-order valence-electron chi connectivity index (χ1n) is 6.72. The van der Waals surface area contributed by atoms with Crippen molar-refractivity contribution in [1.82, 2.24) is 5.32 Å². The number of carboxylic acid groups (broad SMARTS) is 1. The molecule has 0 aromatic heterocycles. The Bertz CT molecular complexity index is 238. The van der Waals surface area contributed by atoms with Crippen LogP contribution < -0.4 is 5.32 Å². The monoisotopic (exact) mass is 225 g/mol. The second-order valence-electron chi connectivity index (χ2n) is 5.44. The molecule has 0 aromatic carbocycles. The number of aliphatic carboxylic acids is 1. The van der Waals surface area contributed by atoms with Gasteiger partial charge in [0.25, 0.3) is 0 Å². The zero-order valence-electron chi connectivity index (χ0n) is 9.95. The van der Waals surface area contributed by atoms with Crippen LogP contribution >= 0.6 is 0 Å². The lowest BCUT2D eigenvalue weighted by Gasteiger charge is -2.27. The summed E-state index contributed by atoms with van der Waals surface area (Å²) in [7, 11) is 0. The first kappa shape index (κ1) is 11.9. The lowest BCUT2D eigenvalue weighted by atomic mass is 9.86. The SMILES string of the molecule is O=C(O)C1CCCC(NCCCC2CC2)C1. The molecule has 0 saturated heterocycles. The molecular weight excluding hydrogens is 202 g/mol. The average molecular weight is 225 g/mol. The van der Waals surface area contributed by atoms with Crippen molar-refractivity contribution in [1.29, 1.82) is 0 Å². The highest BCUT2D eigenvalue weighted by Gasteiger charge is 2.26. The third-order valence-corrected chi connectivity index (χ3v) is 3.94. The molecule has 3 heteroatoms. The Kier molecular flexibility index (Phi) is 4.22. The van der Waals surface area contributed by atoms with E-state index >= 15 is 0 Å². The summed E-state index contributed by atoms with van der Waals surface area (Å²) in [4.78, 5) is 10.9. The standard InChI is InChI=1S/C13H23NO2/c15-13(16)11-4-1-5-12(9-11)14-8-2-3-10-6-7-10/h10-12,14H,1-9H2,(H,15,16). The third-order valence-electron chi connectivity index (χ3n) is 3.94. The Morgan fingerprint density at radius 3 is 2.75 bits per heavy atom. The molecule has 2 atom stereocenters. The van der Waals surface area contributed by atoms with Gasteiger partial charge in [0.05, 0.1) is 5.92 Å². The lowest BCUT2D eigenvalue weighted by molar-refractivity contribution is -0.143. The van der Waals surface area contributed by atoms with Crippen molar-refractivity contribution in [3.8, 4) is 0 Å². The molecule has 0 radical (unpaired) electrons. The minimum absolute atomic E-state index is 0.102. The van der Waals surface area contributed by atoms with Gasteiger partial charge in [-0.3, -0.25) is 4.79 Å². The van der Waals surface area contributed by atoms with E-state index in [9.17, 15) is 4.79 Å². The van der Waals surface area contributed by atoms with E-state index in [1.54, 1.807) is 0 Å². The number of nitrogens with one attached hydrogen (secondary N) is 1. The van der Waals surface area contributed by atoms with Crippen molar-refractivity contribution in [3.63, 3.8) is 0 Å². The van der Waals surface area contributed by atoms with Crippen LogP contribution in [0.1, 0.15) is 51.4 Å². The summed E-state index contributed by atoms with van der Waals surface area (Å²) < 4.78 is 0. The number of carboxylic acids is 1. The van der Waals surface area contributed by atoms with Gasteiger partial charge in [0.15, 0.2) is 0 Å². The average Bonchev–Trinajstić information content (AvgIpc) is 3.09. The summed E-state index contributed by atoms with van der Waals surface area (Å²) in [5.41, 5.74) is 0. The number of hydrogen-bond donors (Lipinski definition) is 2. The van der Waals surface area contributed by atoms with E-state index in [2.05, 4.69) is 5.32 Å². The Labute approximate surface area is 97.6 Å². The molecule has 2 aliphatic carbocycles. The molecule has 2 rings (SSSR count).